The molecule has 1 aliphatic rings. The molecule has 1 aliphatic heterocycles. The molecule has 2 heterocycles. The van der Waals surface area contributed by atoms with Gasteiger partial charge in [-0.25, -0.2) is 4.98 Å². The number of thioether (sulfide) groups is 1. The number of hydrogen-bond acceptors (Lipinski definition) is 4. The van der Waals surface area contributed by atoms with Crippen molar-refractivity contribution < 1.29 is 4.79 Å². The Balaban J connectivity index is 1.37. The van der Waals surface area contributed by atoms with Gasteiger partial charge in [0.15, 0.2) is 0 Å². The first-order valence-corrected chi connectivity index (χ1v) is 9.30. The molecule has 1 unspecified atom stereocenters. The molecule has 1 saturated heterocycles. The zero-order valence-corrected chi connectivity index (χ0v) is 14.4. The Labute approximate surface area is 150 Å². The third-order valence-electron chi connectivity index (χ3n) is 4.31. The number of H-pyrrole nitrogens is 1. The van der Waals surface area contributed by atoms with Crippen molar-refractivity contribution in [2.45, 2.75) is 18.6 Å². The van der Waals surface area contributed by atoms with E-state index in [9.17, 15) is 4.79 Å². The van der Waals surface area contributed by atoms with Crippen molar-refractivity contribution in [2.24, 2.45) is 0 Å². The van der Waals surface area contributed by atoms with Gasteiger partial charge in [0.25, 0.3) is 0 Å². The fourth-order valence-corrected chi connectivity index (χ4v) is 3.95. The predicted octanol–water partition coefficient (Wildman–Crippen LogP) is 2.79. The summed E-state index contributed by atoms with van der Waals surface area (Å²) in [5.74, 6) is 2.91. The number of aromatic amines is 1. The lowest BCUT2D eigenvalue weighted by atomic mass is 10.1. The van der Waals surface area contributed by atoms with Crippen LogP contribution >= 0.6 is 11.8 Å². The summed E-state index contributed by atoms with van der Waals surface area (Å²) in [6.07, 6.45) is 1.68. The molecular formula is C19H19N4OS. The Morgan fingerprint density at radius 2 is 2.12 bits per heavy atom. The van der Waals surface area contributed by atoms with Gasteiger partial charge >= 0.3 is 0 Å². The van der Waals surface area contributed by atoms with Crippen molar-refractivity contribution >= 4 is 28.7 Å². The van der Waals surface area contributed by atoms with Crippen molar-refractivity contribution in [3.05, 3.63) is 71.7 Å². The normalized spacial score (nSPS) is 20.5. The van der Waals surface area contributed by atoms with Crippen LogP contribution < -0.4 is 10.6 Å². The van der Waals surface area contributed by atoms with Gasteiger partial charge < -0.3 is 10.3 Å². The zero-order valence-electron chi connectivity index (χ0n) is 13.6. The Kier molecular flexibility index (Phi) is 4.72. The molecule has 0 spiro atoms. The van der Waals surface area contributed by atoms with Gasteiger partial charge in [0.05, 0.1) is 17.4 Å². The number of carbonyl (C=O) groups excluding carboxylic acids is 1. The Hall–Kier alpha value is -2.31. The van der Waals surface area contributed by atoms with Crippen LogP contribution in [-0.4, -0.2) is 27.7 Å². The second-order valence-corrected chi connectivity index (χ2v) is 6.99. The lowest BCUT2D eigenvalue weighted by Crippen LogP contribution is -2.48. The van der Waals surface area contributed by atoms with Crippen LogP contribution in [0.25, 0.3) is 11.0 Å². The maximum absolute atomic E-state index is 12.5. The molecule has 0 aliphatic carbocycles. The van der Waals surface area contributed by atoms with Crippen LogP contribution in [-0.2, 0) is 11.3 Å². The van der Waals surface area contributed by atoms with E-state index in [1.165, 1.54) is 5.56 Å². The lowest BCUT2D eigenvalue weighted by molar-refractivity contribution is -0.122. The Morgan fingerprint density at radius 3 is 3.00 bits per heavy atom. The Bertz CT molecular complexity index is 864. The smallest absolute Gasteiger partial charge is 0.238 e. The molecule has 4 rings (SSSR count). The number of rotatable bonds is 4. The Morgan fingerprint density at radius 1 is 1.24 bits per heavy atom. The molecule has 5 nitrogen and oxygen atoms in total. The van der Waals surface area contributed by atoms with Gasteiger partial charge in [-0.2, -0.15) is 11.8 Å². The standard InChI is InChI=1S/C19H19N4OS/c24-19(20-9-13-6-7-15-16(8-13)22-12-21-15)18-11-25-10-17(23-18)14-4-2-1-3-5-14/h1-8,11-12,17-18,23H,9-10H2,(H,20,24)(H,21,22)/t17?,18-/m0/s1. The van der Waals surface area contributed by atoms with Crippen LogP contribution in [0.5, 0.6) is 0 Å². The molecule has 3 N–H and O–H groups in total. The topological polar surface area (TPSA) is 69.8 Å². The highest BCUT2D eigenvalue weighted by Gasteiger charge is 2.27. The number of imidazole rings is 1. The second kappa shape index (κ2) is 7.29. The highest BCUT2D eigenvalue weighted by atomic mass is 32.2. The molecule has 3 aromatic rings. The number of amides is 1. The number of nitrogens with one attached hydrogen (secondary N) is 3. The predicted molar refractivity (Wildman–Crippen MR) is 101 cm³/mol. The van der Waals surface area contributed by atoms with Gasteiger partial charge in [0.2, 0.25) is 5.91 Å². The summed E-state index contributed by atoms with van der Waals surface area (Å²) in [5.41, 5.74) is 4.17. The van der Waals surface area contributed by atoms with E-state index in [2.05, 4.69) is 32.7 Å². The summed E-state index contributed by atoms with van der Waals surface area (Å²) in [4.78, 5) is 19.8. The van der Waals surface area contributed by atoms with Gasteiger partial charge in [-0.15, -0.1) is 0 Å². The van der Waals surface area contributed by atoms with Crippen molar-refractivity contribution in [3.8, 4) is 0 Å². The van der Waals surface area contributed by atoms with Crippen LogP contribution in [0.4, 0.5) is 0 Å². The fraction of sp³-hybridized carbons (Fsp3) is 0.211. The van der Waals surface area contributed by atoms with E-state index >= 15 is 0 Å². The van der Waals surface area contributed by atoms with E-state index in [-0.39, 0.29) is 18.0 Å². The first-order chi connectivity index (χ1) is 12.3. The molecular weight excluding hydrogens is 332 g/mol. The number of fused-ring (bicyclic) bond motifs is 1. The van der Waals surface area contributed by atoms with E-state index in [0.717, 1.165) is 22.3 Å². The van der Waals surface area contributed by atoms with E-state index in [1.54, 1.807) is 18.1 Å². The quantitative estimate of drug-likeness (QED) is 0.676. The summed E-state index contributed by atoms with van der Waals surface area (Å²) in [7, 11) is 0. The average molecular weight is 351 g/mol. The van der Waals surface area contributed by atoms with Gasteiger partial charge in [-0.3, -0.25) is 10.1 Å². The molecule has 0 bridgehead atoms. The number of hydrogen-bond donors (Lipinski definition) is 3. The van der Waals surface area contributed by atoms with Gasteiger partial charge in [-0.1, -0.05) is 36.4 Å². The highest BCUT2D eigenvalue weighted by molar-refractivity contribution is 8.01. The van der Waals surface area contributed by atoms with Crippen LogP contribution in [0.2, 0.25) is 0 Å². The number of carbonyl (C=O) groups is 1. The van der Waals surface area contributed by atoms with Crippen LogP contribution in [0.15, 0.2) is 54.9 Å². The summed E-state index contributed by atoms with van der Waals surface area (Å²) in [6, 6.07) is 16.1. The van der Waals surface area contributed by atoms with Crippen molar-refractivity contribution in [2.75, 3.05) is 5.75 Å². The summed E-state index contributed by atoms with van der Waals surface area (Å²) >= 11 is 1.70. The van der Waals surface area contributed by atoms with Gasteiger partial charge in [0, 0.05) is 24.1 Å². The number of nitrogens with zero attached hydrogens (tertiary/aromatic N) is 1. The molecule has 1 amide bonds. The van der Waals surface area contributed by atoms with E-state index in [0.29, 0.717) is 6.54 Å². The molecule has 127 valence electrons. The minimum Gasteiger partial charge on any atom is -0.351 e. The zero-order chi connectivity index (χ0) is 17.1. The van der Waals surface area contributed by atoms with Gasteiger partial charge in [-0.05, 0) is 23.3 Å². The average Bonchev–Trinajstić information content (AvgIpc) is 3.15. The van der Waals surface area contributed by atoms with Crippen molar-refractivity contribution in [3.63, 3.8) is 0 Å². The minimum atomic E-state index is -0.292. The molecule has 2 atom stereocenters. The molecule has 25 heavy (non-hydrogen) atoms. The molecule has 0 saturated carbocycles. The fourth-order valence-electron chi connectivity index (χ4n) is 2.96. The van der Waals surface area contributed by atoms with Crippen molar-refractivity contribution in [1.29, 1.82) is 0 Å². The molecule has 1 radical (unpaired) electrons. The number of aromatic nitrogens is 2. The second-order valence-electron chi connectivity index (χ2n) is 6.05. The molecule has 1 aromatic heterocycles. The third-order valence-corrected chi connectivity index (χ3v) is 5.30. The largest absolute Gasteiger partial charge is 0.351 e. The van der Waals surface area contributed by atoms with E-state index < -0.39 is 0 Å². The summed E-state index contributed by atoms with van der Waals surface area (Å²) in [6.45, 7) is 0.500. The van der Waals surface area contributed by atoms with E-state index in [1.807, 2.05) is 42.2 Å². The van der Waals surface area contributed by atoms with Crippen LogP contribution in [0.3, 0.4) is 0 Å². The lowest BCUT2D eigenvalue weighted by Gasteiger charge is -2.30. The molecule has 1 fully saturated rings. The first kappa shape index (κ1) is 16.2. The van der Waals surface area contributed by atoms with E-state index in [4.69, 9.17) is 0 Å². The third kappa shape index (κ3) is 3.70. The molecule has 6 heteroatoms. The monoisotopic (exact) mass is 351 g/mol. The maximum Gasteiger partial charge on any atom is 0.238 e. The van der Waals surface area contributed by atoms with Crippen LogP contribution in [0, 0.1) is 5.75 Å². The summed E-state index contributed by atoms with van der Waals surface area (Å²) < 4.78 is 0. The minimum absolute atomic E-state index is 0.00200. The van der Waals surface area contributed by atoms with Crippen molar-refractivity contribution in [1.82, 2.24) is 20.6 Å². The van der Waals surface area contributed by atoms with Gasteiger partial charge in [0.1, 0.15) is 6.04 Å². The maximum atomic E-state index is 12.5. The SMILES string of the molecule is O=C(NCc1ccc2nc[nH]c2c1)[C@@H]1[CH]SCC(c2ccccc2)N1. The van der Waals surface area contributed by atoms with Crippen LogP contribution in [0.1, 0.15) is 17.2 Å². The molecule has 2 aromatic carbocycles. The first-order valence-electron chi connectivity index (χ1n) is 8.25. The summed E-state index contributed by atoms with van der Waals surface area (Å²) in [5, 5.41) is 6.44. The number of benzene rings is 2. The highest BCUT2D eigenvalue weighted by Crippen LogP contribution is 2.27.